The molecule has 70 valence electrons. The molecule has 1 aromatic rings. The van der Waals surface area contributed by atoms with E-state index in [1.165, 1.54) is 0 Å². The minimum atomic E-state index is 0.917. The van der Waals surface area contributed by atoms with Gasteiger partial charge in [0.15, 0.2) is 7.98 Å². The summed E-state index contributed by atoms with van der Waals surface area (Å²) >= 11 is 0. The van der Waals surface area contributed by atoms with Crippen LogP contribution in [0.1, 0.15) is 25.5 Å². The van der Waals surface area contributed by atoms with Crippen molar-refractivity contribution >= 4 is 7.98 Å². The van der Waals surface area contributed by atoms with Gasteiger partial charge < -0.3 is 9.23 Å². The minimum Gasteiger partial charge on any atom is -0.469 e. The fourth-order valence-corrected chi connectivity index (χ4v) is 1.23. The third kappa shape index (κ3) is 4.18. The molecule has 2 nitrogen and oxygen atoms in total. The standard InChI is InChI=1S/C10H16BNO/c1-2-12(11)8-4-3-6-10-7-5-9-13-10/h5,7,9H,2-4,6,8H2,1H3. The highest BCUT2D eigenvalue weighted by Crippen LogP contribution is 2.05. The van der Waals surface area contributed by atoms with E-state index in [0.717, 1.165) is 38.1 Å². The average Bonchev–Trinajstić information content (AvgIpc) is 2.64. The van der Waals surface area contributed by atoms with Crippen LogP contribution in [0, 0.1) is 0 Å². The summed E-state index contributed by atoms with van der Waals surface area (Å²) in [5, 5.41) is 0. The Morgan fingerprint density at radius 1 is 1.46 bits per heavy atom. The molecule has 0 saturated carbocycles. The smallest absolute Gasteiger partial charge is 0.182 e. The summed E-state index contributed by atoms with van der Waals surface area (Å²) in [5.41, 5.74) is 0. The summed E-state index contributed by atoms with van der Waals surface area (Å²) in [5.74, 6) is 1.07. The van der Waals surface area contributed by atoms with Crippen molar-refractivity contribution in [2.24, 2.45) is 0 Å². The predicted molar refractivity (Wildman–Crippen MR) is 54.6 cm³/mol. The molecule has 0 aliphatic rings. The van der Waals surface area contributed by atoms with E-state index in [1.807, 2.05) is 16.9 Å². The Bertz CT molecular complexity index is 211. The number of unbranched alkanes of at least 4 members (excludes halogenated alkanes) is 1. The van der Waals surface area contributed by atoms with Crippen molar-refractivity contribution in [2.45, 2.75) is 26.2 Å². The summed E-state index contributed by atoms with van der Waals surface area (Å²) in [7, 11) is 5.64. The van der Waals surface area contributed by atoms with Gasteiger partial charge in [-0.25, -0.2) is 0 Å². The molecular weight excluding hydrogens is 161 g/mol. The second-order valence-corrected chi connectivity index (χ2v) is 3.17. The van der Waals surface area contributed by atoms with Crippen molar-refractivity contribution in [1.82, 2.24) is 4.81 Å². The lowest BCUT2D eigenvalue weighted by Gasteiger charge is -2.13. The highest BCUT2D eigenvalue weighted by Gasteiger charge is 1.97. The Labute approximate surface area is 81.3 Å². The molecular formula is C10H16BNO. The lowest BCUT2D eigenvalue weighted by atomic mass is 10.1. The third-order valence-electron chi connectivity index (χ3n) is 2.10. The van der Waals surface area contributed by atoms with Gasteiger partial charge in [-0.1, -0.05) is 6.92 Å². The van der Waals surface area contributed by atoms with Crippen LogP contribution in [0.4, 0.5) is 0 Å². The minimum absolute atomic E-state index is 0.917. The average molecular weight is 177 g/mol. The van der Waals surface area contributed by atoms with Gasteiger partial charge >= 0.3 is 0 Å². The molecule has 0 bridgehead atoms. The molecule has 0 amide bonds. The van der Waals surface area contributed by atoms with Crippen LogP contribution in [-0.4, -0.2) is 25.9 Å². The first-order chi connectivity index (χ1) is 6.33. The first kappa shape index (κ1) is 10.4. The molecule has 1 rings (SSSR count). The zero-order chi connectivity index (χ0) is 9.52. The second kappa shape index (κ2) is 5.87. The summed E-state index contributed by atoms with van der Waals surface area (Å²) < 4.78 is 5.22. The largest absolute Gasteiger partial charge is 0.469 e. The summed E-state index contributed by atoms with van der Waals surface area (Å²) in [6.07, 6.45) is 5.01. The van der Waals surface area contributed by atoms with Crippen LogP contribution < -0.4 is 0 Å². The van der Waals surface area contributed by atoms with E-state index in [4.69, 9.17) is 12.4 Å². The molecule has 0 saturated heterocycles. The molecule has 0 aliphatic heterocycles. The zero-order valence-corrected chi connectivity index (χ0v) is 8.20. The van der Waals surface area contributed by atoms with Crippen molar-refractivity contribution in [3.05, 3.63) is 24.2 Å². The van der Waals surface area contributed by atoms with Crippen molar-refractivity contribution in [3.63, 3.8) is 0 Å². The van der Waals surface area contributed by atoms with E-state index >= 15 is 0 Å². The van der Waals surface area contributed by atoms with E-state index in [2.05, 4.69) is 6.92 Å². The summed E-state index contributed by atoms with van der Waals surface area (Å²) in [6.45, 7) is 3.95. The summed E-state index contributed by atoms with van der Waals surface area (Å²) in [4.78, 5) is 1.84. The number of hydrogen-bond acceptors (Lipinski definition) is 2. The maximum absolute atomic E-state index is 5.64. The Morgan fingerprint density at radius 3 is 2.92 bits per heavy atom. The van der Waals surface area contributed by atoms with E-state index in [-0.39, 0.29) is 0 Å². The number of hydrogen-bond donors (Lipinski definition) is 0. The van der Waals surface area contributed by atoms with Crippen LogP contribution in [0.5, 0.6) is 0 Å². The van der Waals surface area contributed by atoms with Crippen LogP contribution in [0.2, 0.25) is 0 Å². The monoisotopic (exact) mass is 177 g/mol. The van der Waals surface area contributed by atoms with E-state index in [1.54, 1.807) is 6.26 Å². The second-order valence-electron chi connectivity index (χ2n) is 3.17. The van der Waals surface area contributed by atoms with Gasteiger partial charge in [-0.2, -0.15) is 0 Å². The molecule has 0 aliphatic carbocycles. The van der Waals surface area contributed by atoms with Crippen molar-refractivity contribution in [2.75, 3.05) is 13.1 Å². The zero-order valence-electron chi connectivity index (χ0n) is 8.20. The van der Waals surface area contributed by atoms with Gasteiger partial charge in [0.1, 0.15) is 5.76 Å². The number of furan rings is 1. The van der Waals surface area contributed by atoms with Gasteiger partial charge in [-0.15, -0.1) is 0 Å². The van der Waals surface area contributed by atoms with Gasteiger partial charge in [0.2, 0.25) is 0 Å². The molecule has 1 aromatic heterocycles. The van der Waals surface area contributed by atoms with Crippen LogP contribution >= 0.6 is 0 Å². The van der Waals surface area contributed by atoms with E-state index < -0.39 is 0 Å². The fraction of sp³-hybridized carbons (Fsp3) is 0.600. The van der Waals surface area contributed by atoms with Gasteiger partial charge in [0.25, 0.3) is 0 Å². The highest BCUT2D eigenvalue weighted by atomic mass is 16.3. The molecule has 2 radical (unpaired) electrons. The highest BCUT2D eigenvalue weighted by molar-refractivity contribution is 6.04. The van der Waals surface area contributed by atoms with Crippen LogP contribution in [0.3, 0.4) is 0 Å². The first-order valence-electron chi connectivity index (χ1n) is 4.85. The van der Waals surface area contributed by atoms with Crippen LogP contribution in [0.25, 0.3) is 0 Å². The third-order valence-corrected chi connectivity index (χ3v) is 2.10. The summed E-state index contributed by atoms with van der Waals surface area (Å²) in [6, 6.07) is 3.94. The first-order valence-corrected chi connectivity index (χ1v) is 4.85. The number of nitrogens with zero attached hydrogens (tertiary/aromatic N) is 1. The number of rotatable bonds is 6. The molecule has 0 aromatic carbocycles. The molecule has 0 fully saturated rings. The molecule has 0 N–H and O–H groups in total. The normalized spacial score (nSPS) is 10.9. The lowest BCUT2D eigenvalue weighted by Crippen LogP contribution is -2.20. The fourth-order valence-electron chi connectivity index (χ4n) is 1.23. The maximum atomic E-state index is 5.64. The Hall–Kier alpha value is -0.695. The van der Waals surface area contributed by atoms with Crippen LogP contribution in [-0.2, 0) is 6.42 Å². The van der Waals surface area contributed by atoms with Gasteiger partial charge in [0, 0.05) is 6.42 Å². The van der Waals surface area contributed by atoms with E-state index in [0.29, 0.717) is 0 Å². The van der Waals surface area contributed by atoms with Crippen molar-refractivity contribution in [1.29, 1.82) is 0 Å². The number of aryl methyl sites for hydroxylation is 1. The van der Waals surface area contributed by atoms with E-state index in [9.17, 15) is 0 Å². The molecule has 0 atom stereocenters. The lowest BCUT2D eigenvalue weighted by molar-refractivity contribution is 0.442. The SMILES string of the molecule is [B]N(CC)CCCCc1ccco1. The van der Waals surface area contributed by atoms with Crippen molar-refractivity contribution in [3.8, 4) is 0 Å². The van der Waals surface area contributed by atoms with Gasteiger partial charge in [0.05, 0.1) is 6.26 Å². The molecule has 0 spiro atoms. The topological polar surface area (TPSA) is 16.4 Å². The predicted octanol–water partition coefficient (Wildman–Crippen LogP) is 2.01. The van der Waals surface area contributed by atoms with Gasteiger partial charge in [-0.3, -0.25) is 0 Å². The Morgan fingerprint density at radius 2 is 2.31 bits per heavy atom. The molecule has 13 heavy (non-hydrogen) atoms. The molecule has 1 heterocycles. The Balaban J connectivity index is 2.02. The molecule has 0 unspecified atom stereocenters. The van der Waals surface area contributed by atoms with Gasteiger partial charge in [-0.05, 0) is 38.1 Å². The van der Waals surface area contributed by atoms with Crippen molar-refractivity contribution < 1.29 is 4.42 Å². The Kier molecular flexibility index (Phi) is 4.69. The quantitative estimate of drug-likeness (QED) is 0.488. The maximum Gasteiger partial charge on any atom is 0.182 e. The van der Waals surface area contributed by atoms with Crippen LogP contribution in [0.15, 0.2) is 22.8 Å². The molecule has 3 heteroatoms.